The largest absolute Gasteiger partial charge is 0.384 e. The van der Waals surface area contributed by atoms with Crippen molar-refractivity contribution < 1.29 is 4.79 Å². The zero-order chi connectivity index (χ0) is 14.8. The highest BCUT2D eigenvalue weighted by molar-refractivity contribution is 8.00. The Morgan fingerprint density at radius 1 is 1.48 bits per heavy atom. The van der Waals surface area contributed by atoms with E-state index in [0.717, 1.165) is 16.7 Å². The molecule has 1 aromatic heterocycles. The average Bonchev–Trinajstić information content (AvgIpc) is 3.09. The molecule has 1 amide bonds. The van der Waals surface area contributed by atoms with Gasteiger partial charge in [0, 0.05) is 17.1 Å². The number of hydrogen-bond donors (Lipinski definition) is 2. The normalized spacial score (nSPS) is 28.5. The van der Waals surface area contributed by atoms with Crippen molar-refractivity contribution in [2.24, 2.45) is 17.8 Å². The topological polar surface area (TPSA) is 68.0 Å². The smallest absolute Gasteiger partial charge is 0.230 e. The molecular formula is C16H23N3OS. The van der Waals surface area contributed by atoms with E-state index in [1.165, 1.54) is 37.4 Å². The van der Waals surface area contributed by atoms with Crippen LogP contribution in [0.3, 0.4) is 0 Å². The number of carbonyl (C=O) groups is 1. The van der Waals surface area contributed by atoms with E-state index in [1.807, 2.05) is 6.07 Å². The van der Waals surface area contributed by atoms with Gasteiger partial charge in [0.25, 0.3) is 0 Å². The number of amides is 1. The highest BCUT2D eigenvalue weighted by Gasteiger charge is 2.42. The van der Waals surface area contributed by atoms with Gasteiger partial charge in [-0.05, 0) is 56.1 Å². The van der Waals surface area contributed by atoms with Crippen molar-refractivity contribution in [2.45, 2.75) is 43.5 Å². The third-order valence-corrected chi connectivity index (χ3v) is 5.93. The summed E-state index contributed by atoms with van der Waals surface area (Å²) < 4.78 is 0. The first kappa shape index (κ1) is 14.7. The van der Waals surface area contributed by atoms with Gasteiger partial charge in [-0.1, -0.05) is 6.42 Å². The minimum absolute atomic E-state index is 0.118. The number of anilines is 1. The molecule has 5 heteroatoms. The van der Waals surface area contributed by atoms with Crippen LogP contribution in [0.5, 0.6) is 0 Å². The van der Waals surface area contributed by atoms with Gasteiger partial charge in [-0.25, -0.2) is 4.98 Å². The maximum absolute atomic E-state index is 12.1. The summed E-state index contributed by atoms with van der Waals surface area (Å²) in [6.07, 6.45) is 7.17. The van der Waals surface area contributed by atoms with Crippen LogP contribution in [0.2, 0.25) is 0 Å². The Labute approximate surface area is 130 Å². The van der Waals surface area contributed by atoms with Crippen LogP contribution in [0.1, 0.15) is 32.6 Å². The number of carbonyl (C=O) groups excluding carboxylic acids is 1. The maximum atomic E-state index is 12.1. The third-order valence-electron chi connectivity index (χ3n) is 4.95. The highest BCUT2D eigenvalue weighted by Crippen LogP contribution is 2.49. The van der Waals surface area contributed by atoms with E-state index >= 15 is 0 Å². The molecule has 4 atom stereocenters. The van der Waals surface area contributed by atoms with E-state index in [0.29, 0.717) is 23.5 Å². The summed E-state index contributed by atoms with van der Waals surface area (Å²) in [6, 6.07) is 3.97. The van der Waals surface area contributed by atoms with Crippen LogP contribution < -0.4 is 11.1 Å². The number of rotatable bonds is 5. The fourth-order valence-corrected chi connectivity index (χ4v) is 4.61. The van der Waals surface area contributed by atoms with Crippen molar-refractivity contribution in [3.8, 4) is 0 Å². The zero-order valence-electron chi connectivity index (χ0n) is 12.4. The van der Waals surface area contributed by atoms with E-state index < -0.39 is 0 Å². The maximum Gasteiger partial charge on any atom is 0.230 e. The quantitative estimate of drug-likeness (QED) is 0.821. The number of nitrogen functional groups attached to an aromatic ring is 1. The lowest BCUT2D eigenvalue weighted by Gasteiger charge is -2.28. The van der Waals surface area contributed by atoms with Crippen molar-refractivity contribution >= 4 is 23.5 Å². The molecule has 21 heavy (non-hydrogen) atoms. The van der Waals surface area contributed by atoms with Crippen LogP contribution in [0.4, 0.5) is 5.82 Å². The molecule has 3 N–H and O–H groups in total. The Kier molecular flexibility index (Phi) is 4.38. The van der Waals surface area contributed by atoms with Crippen molar-refractivity contribution in [2.75, 3.05) is 11.5 Å². The Hall–Kier alpha value is -1.23. The van der Waals surface area contributed by atoms with Crippen molar-refractivity contribution in [3.05, 3.63) is 18.3 Å². The number of aromatic nitrogens is 1. The number of fused-ring (bicyclic) bond motifs is 2. The molecule has 0 saturated heterocycles. The van der Waals surface area contributed by atoms with E-state index in [2.05, 4.69) is 17.2 Å². The van der Waals surface area contributed by atoms with Gasteiger partial charge in [-0.3, -0.25) is 4.79 Å². The van der Waals surface area contributed by atoms with Crippen LogP contribution in [0, 0.1) is 17.8 Å². The van der Waals surface area contributed by atoms with Crippen LogP contribution in [-0.2, 0) is 4.79 Å². The van der Waals surface area contributed by atoms with Crippen LogP contribution >= 0.6 is 11.8 Å². The Morgan fingerprint density at radius 3 is 2.95 bits per heavy atom. The summed E-state index contributed by atoms with van der Waals surface area (Å²) in [5.74, 6) is 3.53. The van der Waals surface area contributed by atoms with E-state index in [9.17, 15) is 4.79 Å². The van der Waals surface area contributed by atoms with Crippen LogP contribution in [0.15, 0.2) is 23.2 Å². The first-order valence-electron chi connectivity index (χ1n) is 7.75. The summed E-state index contributed by atoms with van der Waals surface area (Å²) in [5, 5.41) is 3.18. The fourth-order valence-electron chi connectivity index (χ4n) is 3.93. The van der Waals surface area contributed by atoms with E-state index in [-0.39, 0.29) is 5.91 Å². The lowest BCUT2D eigenvalue weighted by Crippen LogP contribution is -2.40. The van der Waals surface area contributed by atoms with E-state index in [1.54, 1.807) is 12.3 Å². The van der Waals surface area contributed by atoms with Gasteiger partial charge in [0.15, 0.2) is 0 Å². The van der Waals surface area contributed by atoms with Crippen molar-refractivity contribution in [3.63, 3.8) is 0 Å². The number of nitrogens with zero attached hydrogens (tertiary/aromatic N) is 1. The molecule has 0 aromatic carbocycles. The zero-order valence-corrected chi connectivity index (χ0v) is 13.2. The van der Waals surface area contributed by atoms with E-state index in [4.69, 9.17) is 5.73 Å². The minimum atomic E-state index is 0.118. The number of thioether (sulfide) groups is 1. The summed E-state index contributed by atoms with van der Waals surface area (Å²) in [4.78, 5) is 17.1. The second-order valence-corrected chi connectivity index (χ2v) is 7.45. The molecule has 2 aliphatic carbocycles. The third kappa shape index (κ3) is 3.51. The molecule has 2 bridgehead atoms. The summed E-state index contributed by atoms with van der Waals surface area (Å²) in [5.41, 5.74) is 5.55. The van der Waals surface area contributed by atoms with Gasteiger partial charge >= 0.3 is 0 Å². The number of nitrogens with two attached hydrogens (primary N) is 1. The molecule has 1 heterocycles. The van der Waals surface area contributed by atoms with Gasteiger partial charge in [-0.2, -0.15) is 0 Å². The molecule has 4 nitrogen and oxygen atoms in total. The Morgan fingerprint density at radius 2 is 2.33 bits per heavy atom. The predicted molar refractivity (Wildman–Crippen MR) is 85.9 cm³/mol. The summed E-state index contributed by atoms with van der Waals surface area (Å²) >= 11 is 1.51. The van der Waals surface area contributed by atoms with Crippen molar-refractivity contribution in [1.82, 2.24) is 10.3 Å². The van der Waals surface area contributed by atoms with Gasteiger partial charge in [0.1, 0.15) is 5.82 Å². The average molecular weight is 305 g/mol. The second kappa shape index (κ2) is 6.26. The molecule has 114 valence electrons. The highest BCUT2D eigenvalue weighted by atomic mass is 32.2. The Bertz CT molecular complexity index is 505. The minimum Gasteiger partial charge on any atom is -0.384 e. The van der Waals surface area contributed by atoms with Crippen LogP contribution in [0.25, 0.3) is 0 Å². The molecule has 0 aliphatic heterocycles. The SMILES string of the molecule is CC(NC(=O)CSc1ccc(N)nc1)C1CC2CCC1C2. The first-order valence-corrected chi connectivity index (χ1v) is 8.74. The number of pyridine rings is 1. The van der Waals surface area contributed by atoms with Gasteiger partial charge in [0.2, 0.25) is 5.91 Å². The molecule has 2 saturated carbocycles. The molecular weight excluding hydrogens is 282 g/mol. The molecule has 2 aliphatic rings. The molecule has 0 spiro atoms. The standard InChI is InChI=1S/C16H23N3OS/c1-10(14-7-11-2-3-12(14)6-11)19-16(20)9-21-13-4-5-15(17)18-8-13/h4-5,8,10-12,14H,2-3,6-7,9H2,1H3,(H2,17,18)(H,19,20). The second-order valence-electron chi connectivity index (χ2n) is 6.40. The Balaban J connectivity index is 1.44. The first-order chi connectivity index (χ1) is 10.1. The number of nitrogens with one attached hydrogen (secondary N) is 1. The van der Waals surface area contributed by atoms with Gasteiger partial charge < -0.3 is 11.1 Å². The van der Waals surface area contributed by atoms with Crippen molar-refractivity contribution in [1.29, 1.82) is 0 Å². The molecule has 0 radical (unpaired) electrons. The van der Waals surface area contributed by atoms with Crippen LogP contribution in [-0.4, -0.2) is 22.7 Å². The monoisotopic (exact) mass is 305 g/mol. The molecule has 3 rings (SSSR count). The summed E-state index contributed by atoms with van der Waals surface area (Å²) in [6.45, 7) is 2.17. The fraction of sp³-hybridized carbons (Fsp3) is 0.625. The molecule has 2 fully saturated rings. The molecule has 4 unspecified atom stereocenters. The van der Waals surface area contributed by atoms with Gasteiger partial charge in [-0.15, -0.1) is 11.8 Å². The lowest BCUT2D eigenvalue weighted by molar-refractivity contribution is -0.119. The number of hydrogen-bond acceptors (Lipinski definition) is 4. The predicted octanol–water partition coefficient (Wildman–Crippen LogP) is 2.70. The lowest BCUT2D eigenvalue weighted by atomic mass is 9.84. The van der Waals surface area contributed by atoms with Gasteiger partial charge in [0.05, 0.1) is 5.75 Å². The summed E-state index contributed by atoms with van der Waals surface area (Å²) in [7, 11) is 0. The molecule has 1 aromatic rings.